The number of aliphatic hydroxyl groups excluding tert-OH is 1. The van der Waals surface area contributed by atoms with Crippen LogP contribution in [0.2, 0.25) is 0 Å². The lowest BCUT2D eigenvalue weighted by molar-refractivity contribution is 0.0469. The summed E-state index contributed by atoms with van der Waals surface area (Å²) in [6.45, 7) is 6.17. The van der Waals surface area contributed by atoms with E-state index in [0.717, 1.165) is 25.8 Å². The Morgan fingerprint density at radius 3 is 3.05 bits per heavy atom. The van der Waals surface area contributed by atoms with Crippen LogP contribution in [-0.4, -0.2) is 50.1 Å². The molecule has 2 heterocycles. The van der Waals surface area contributed by atoms with Crippen LogP contribution in [0.1, 0.15) is 43.6 Å². The highest BCUT2D eigenvalue weighted by atomic mass is 16.3. The van der Waals surface area contributed by atoms with E-state index in [0.29, 0.717) is 24.7 Å². The van der Waals surface area contributed by atoms with Crippen molar-refractivity contribution in [2.75, 3.05) is 13.1 Å². The Balaban J connectivity index is 1.95. The standard InChI is InChI=1S/C13H22N4O2/c1-10(2)5-7-17-9-12(14-15-17)13(19)16-6-3-4-11(18)8-16/h9-11,18H,3-8H2,1-2H3. The number of amides is 1. The van der Waals surface area contributed by atoms with E-state index in [1.165, 1.54) is 0 Å². The van der Waals surface area contributed by atoms with E-state index in [4.69, 9.17) is 0 Å². The van der Waals surface area contributed by atoms with Crippen LogP contribution < -0.4 is 0 Å². The van der Waals surface area contributed by atoms with Gasteiger partial charge in [-0.05, 0) is 25.2 Å². The van der Waals surface area contributed by atoms with E-state index in [2.05, 4.69) is 24.2 Å². The van der Waals surface area contributed by atoms with Crippen molar-refractivity contribution in [3.05, 3.63) is 11.9 Å². The molecule has 1 fully saturated rings. The lowest BCUT2D eigenvalue weighted by Gasteiger charge is -2.29. The van der Waals surface area contributed by atoms with E-state index < -0.39 is 6.10 Å². The van der Waals surface area contributed by atoms with Gasteiger partial charge in [0.05, 0.1) is 12.3 Å². The van der Waals surface area contributed by atoms with Crippen molar-refractivity contribution in [3.8, 4) is 0 Å². The molecule has 1 aromatic rings. The molecule has 106 valence electrons. The quantitative estimate of drug-likeness (QED) is 0.879. The van der Waals surface area contributed by atoms with Crippen LogP contribution in [0, 0.1) is 5.92 Å². The zero-order valence-corrected chi connectivity index (χ0v) is 11.6. The molecule has 1 saturated heterocycles. The number of carbonyl (C=O) groups is 1. The summed E-state index contributed by atoms with van der Waals surface area (Å²) < 4.78 is 1.72. The van der Waals surface area contributed by atoms with Crippen molar-refractivity contribution in [1.82, 2.24) is 19.9 Å². The maximum absolute atomic E-state index is 12.2. The first-order chi connectivity index (χ1) is 9.06. The van der Waals surface area contributed by atoms with Gasteiger partial charge in [0.2, 0.25) is 0 Å². The average molecular weight is 266 g/mol. The molecular weight excluding hydrogens is 244 g/mol. The van der Waals surface area contributed by atoms with Gasteiger partial charge in [0.15, 0.2) is 5.69 Å². The molecule has 1 aliphatic heterocycles. The molecule has 0 radical (unpaired) electrons. The Hall–Kier alpha value is -1.43. The minimum Gasteiger partial charge on any atom is -0.391 e. The first kappa shape index (κ1) is 14.0. The highest BCUT2D eigenvalue weighted by Gasteiger charge is 2.24. The van der Waals surface area contributed by atoms with Crippen LogP contribution in [0.4, 0.5) is 0 Å². The van der Waals surface area contributed by atoms with Crippen LogP contribution in [0.25, 0.3) is 0 Å². The summed E-state index contributed by atoms with van der Waals surface area (Å²) in [5.74, 6) is 0.468. The zero-order valence-electron chi connectivity index (χ0n) is 11.6. The van der Waals surface area contributed by atoms with Crippen LogP contribution in [0.15, 0.2) is 6.20 Å². The summed E-state index contributed by atoms with van der Waals surface area (Å²) in [5.41, 5.74) is 0.373. The Morgan fingerprint density at radius 2 is 2.37 bits per heavy atom. The predicted molar refractivity (Wildman–Crippen MR) is 70.6 cm³/mol. The molecule has 1 N–H and O–H groups in total. The van der Waals surface area contributed by atoms with E-state index in [9.17, 15) is 9.90 Å². The third kappa shape index (κ3) is 3.76. The van der Waals surface area contributed by atoms with Crippen molar-refractivity contribution in [1.29, 1.82) is 0 Å². The second-order valence-electron chi connectivity index (χ2n) is 5.60. The van der Waals surface area contributed by atoms with E-state index in [-0.39, 0.29) is 5.91 Å². The van der Waals surface area contributed by atoms with Gasteiger partial charge in [-0.25, -0.2) is 0 Å². The lowest BCUT2D eigenvalue weighted by atomic mass is 10.1. The maximum atomic E-state index is 12.2. The molecule has 1 aromatic heterocycles. The Kier molecular flexibility index (Phi) is 4.52. The number of hydrogen-bond acceptors (Lipinski definition) is 4. The van der Waals surface area contributed by atoms with Gasteiger partial charge in [0.25, 0.3) is 5.91 Å². The molecular formula is C13H22N4O2. The molecule has 2 rings (SSSR count). The van der Waals surface area contributed by atoms with Crippen LogP contribution >= 0.6 is 0 Å². The lowest BCUT2D eigenvalue weighted by Crippen LogP contribution is -2.42. The second-order valence-corrected chi connectivity index (χ2v) is 5.60. The molecule has 0 saturated carbocycles. The molecule has 19 heavy (non-hydrogen) atoms. The summed E-state index contributed by atoms with van der Waals surface area (Å²) in [6, 6.07) is 0. The fraction of sp³-hybridized carbons (Fsp3) is 0.769. The topological polar surface area (TPSA) is 71.2 Å². The minimum atomic E-state index is -0.409. The Bertz CT molecular complexity index is 430. The van der Waals surface area contributed by atoms with E-state index in [1.54, 1.807) is 15.8 Å². The molecule has 1 unspecified atom stereocenters. The largest absolute Gasteiger partial charge is 0.391 e. The summed E-state index contributed by atoms with van der Waals surface area (Å²) in [6.07, 6.45) is 3.92. The van der Waals surface area contributed by atoms with Gasteiger partial charge >= 0.3 is 0 Å². The summed E-state index contributed by atoms with van der Waals surface area (Å²) in [4.78, 5) is 13.9. The van der Waals surface area contributed by atoms with E-state index >= 15 is 0 Å². The molecule has 6 heteroatoms. The second kappa shape index (κ2) is 6.14. The monoisotopic (exact) mass is 266 g/mol. The molecule has 0 aromatic carbocycles. The number of β-amino-alcohol motifs (C(OH)–C–C–N with tert-alkyl or cyclic N) is 1. The molecule has 0 spiro atoms. The van der Waals surface area contributed by atoms with Gasteiger partial charge in [0, 0.05) is 19.6 Å². The average Bonchev–Trinajstić information content (AvgIpc) is 2.84. The predicted octanol–water partition coefficient (Wildman–Crippen LogP) is 0.921. The van der Waals surface area contributed by atoms with Gasteiger partial charge in [0.1, 0.15) is 0 Å². The van der Waals surface area contributed by atoms with Crippen LogP contribution in [-0.2, 0) is 6.54 Å². The number of piperidine rings is 1. The number of aryl methyl sites for hydroxylation is 1. The minimum absolute atomic E-state index is 0.130. The first-order valence-corrected chi connectivity index (χ1v) is 6.93. The highest BCUT2D eigenvalue weighted by molar-refractivity contribution is 5.92. The molecule has 6 nitrogen and oxygen atoms in total. The maximum Gasteiger partial charge on any atom is 0.276 e. The Labute approximate surface area is 113 Å². The number of aliphatic hydroxyl groups is 1. The molecule has 1 amide bonds. The van der Waals surface area contributed by atoms with Crippen molar-refractivity contribution >= 4 is 5.91 Å². The fourth-order valence-corrected chi connectivity index (χ4v) is 2.20. The molecule has 1 aliphatic rings. The van der Waals surface area contributed by atoms with E-state index in [1.807, 2.05) is 0 Å². The molecule has 1 atom stereocenters. The van der Waals surface area contributed by atoms with Crippen molar-refractivity contribution in [2.24, 2.45) is 5.92 Å². The number of rotatable bonds is 4. The highest BCUT2D eigenvalue weighted by Crippen LogP contribution is 2.12. The fourth-order valence-electron chi connectivity index (χ4n) is 2.20. The summed E-state index contributed by atoms with van der Waals surface area (Å²) in [5, 5.41) is 17.5. The SMILES string of the molecule is CC(C)CCn1cc(C(=O)N2CCCC(O)C2)nn1. The van der Waals surface area contributed by atoms with Gasteiger partial charge in [-0.15, -0.1) is 5.10 Å². The van der Waals surface area contributed by atoms with Crippen LogP contribution in [0.3, 0.4) is 0 Å². The smallest absolute Gasteiger partial charge is 0.276 e. The molecule has 0 aliphatic carbocycles. The number of likely N-dealkylation sites (tertiary alicyclic amines) is 1. The summed E-state index contributed by atoms with van der Waals surface area (Å²) >= 11 is 0. The van der Waals surface area contributed by atoms with Crippen molar-refractivity contribution < 1.29 is 9.90 Å². The normalized spacial score (nSPS) is 20.0. The number of aromatic nitrogens is 3. The third-order valence-electron chi connectivity index (χ3n) is 3.38. The number of nitrogens with zero attached hydrogens (tertiary/aromatic N) is 4. The van der Waals surface area contributed by atoms with Gasteiger partial charge in [-0.1, -0.05) is 19.1 Å². The zero-order chi connectivity index (χ0) is 13.8. The van der Waals surface area contributed by atoms with Crippen molar-refractivity contribution in [3.63, 3.8) is 0 Å². The van der Waals surface area contributed by atoms with Crippen molar-refractivity contribution in [2.45, 2.75) is 45.8 Å². The third-order valence-corrected chi connectivity index (χ3v) is 3.38. The van der Waals surface area contributed by atoms with Gasteiger partial charge < -0.3 is 10.0 Å². The first-order valence-electron chi connectivity index (χ1n) is 6.93. The summed E-state index contributed by atoms with van der Waals surface area (Å²) in [7, 11) is 0. The van der Waals surface area contributed by atoms with Gasteiger partial charge in [-0.3, -0.25) is 9.48 Å². The number of hydrogen-bond donors (Lipinski definition) is 1. The van der Waals surface area contributed by atoms with Crippen LogP contribution in [0.5, 0.6) is 0 Å². The number of carbonyl (C=O) groups excluding carboxylic acids is 1. The molecule has 0 bridgehead atoms. The Morgan fingerprint density at radius 1 is 1.58 bits per heavy atom. The van der Waals surface area contributed by atoms with Gasteiger partial charge in [-0.2, -0.15) is 0 Å².